The van der Waals surface area contributed by atoms with Gasteiger partial charge < -0.3 is 5.32 Å². The summed E-state index contributed by atoms with van der Waals surface area (Å²) in [5.41, 5.74) is 0.958. The normalized spacial score (nSPS) is 11.8. The standard InChI is InChI=1S/C15H23BrN2O2S/c1-4-9-17-12-13-7-8-14(16)15(11-13)21(19,20)18(6-3)10-5-2/h5,7-8,11,17H,2,4,6,9-10,12H2,1,3H3. The molecule has 0 saturated heterocycles. The summed E-state index contributed by atoms with van der Waals surface area (Å²) in [6.45, 7) is 9.84. The number of sulfonamides is 1. The van der Waals surface area contributed by atoms with Crippen LogP contribution in [0.3, 0.4) is 0 Å². The first-order chi connectivity index (χ1) is 9.97. The van der Waals surface area contributed by atoms with Crippen molar-refractivity contribution >= 4 is 26.0 Å². The SMILES string of the molecule is C=CCN(CC)S(=O)(=O)c1cc(CNCCC)ccc1Br. The molecule has 0 bridgehead atoms. The lowest BCUT2D eigenvalue weighted by Gasteiger charge is -2.20. The summed E-state index contributed by atoms with van der Waals surface area (Å²) in [6.07, 6.45) is 2.65. The lowest BCUT2D eigenvalue weighted by molar-refractivity contribution is 0.459. The molecule has 118 valence electrons. The van der Waals surface area contributed by atoms with Crippen molar-refractivity contribution in [3.8, 4) is 0 Å². The number of nitrogens with zero attached hydrogens (tertiary/aromatic N) is 1. The summed E-state index contributed by atoms with van der Waals surface area (Å²) in [4.78, 5) is 0.307. The van der Waals surface area contributed by atoms with Gasteiger partial charge in [-0.1, -0.05) is 26.0 Å². The highest BCUT2D eigenvalue weighted by molar-refractivity contribution is 9.10. The molecule has 1 aromatic carbocycles. The Hall–Kier alpha value is -0.690. The minimum absolute atomic E-state index is 0.307. The smallest absolute Gasteiger partial charge is 0.244 e. The number of hydrogen-bond acceptors (Lipinski definition) is 3. The minimum Gasteiger partial charge on any atom is -0.313 e. The van der Waals surface area contributed by atoms with E-state index in [1.54, 1.807) is 18.2 Å². The van der Waals surface area contributed by atoms with Crippen molar-refractivity contribution in [2.24, 2.45) is 0 Å². The molecule has 1 N–H and O–H groups in total. The van der Waals surface area contributed by atoms with Crippen LogP contribution in [0.25, 0.3) is 0 Å². The first kappa shape index (κ1) is 18.4. The lowest BCUT2D eigenvalue weighted by Crippen LogP contribution is -2.31. The molecule has 1 aromatic rings. The Morgan fingerprint density at radius 3 is 2.67 bits per heavy atom. The Morgan fingerprint density at radius 2 is 2.10 bits per heavy atom. The van der Waals surface area contributed by atoms with E-state index in [1.165, 1.54) is 4.31 Å². The maximum atomic E-state index is 12.7. The number of rotatable bonds is 9. The average molecular weight is 375 g/mol. The number of nitrogens with one attached hydrogen (secondary N) is 1. The maximum Gasteiger partial charge on any atom is 0.244 e. The molecule has 0 saturated carbocycles. The fourth-order valence-corrected chi connectivity index (χ4v) is 4.34. The number of halogens is 1. The van der Waals surface area contributed by atoms with Crippen LogP contribution in [0.1, 0.15) is 25.8 Å². The predicted molar refractivity (Wildman–Crippen MR) is 90.8 cm³/mol. The molecule has 4 nitrogen and oxygen atoms in total. The van der Waals surface area contributed by atoms with E-state index in [0.29, 0.717) is 29.0 Å². The van der Waals surface area contributed by atoms with E-state index in [4.69, 9.17) is 0 Å². The second-order valence-corrected chi connectivity index (χ2v) is 7.45. The van der Waals surface area contributed by atoms with Crippen LogP contribution >= 0.6 is 15.9 Å². The Balaban J connectivity index is 3.09. The third-order valence-corrected chi connectivity index (χ3v) is 5.99. The van der Waals surface area contributed by atoms with Gasteiger partial charge in [0.1, 0.15) is 0 Å². The van der Waals surface area contributed by atoms with Crippen LogP contribution < -0.4 is 5.32 Å². The van der Waals surface area contributed by atoms with Gasteiger partial charge in [0.15, 0.2) is 0 Å². The summed E-state index contributed by atoms with van der Waals surface area (Å²) < 4.78 is 27.4. The molecule has 0 atom stereocenters. The molecular weight excluding hydrogens is 352 g/mol. The van der Waals surface area contributed by atoms with Crippen LogP contribution in [-0.2, 0) is 16.6 Å². The Bertz CT molecular complexity index is 573. The molecule has 6 heteroatoms. The molecule has 0 aliphatic heterocycles. The van der Waals surface area contributed by atoms with Crippen LogP contribution in [-0.4, -0.2) is 32.4 Å². The van der Waals surface area contributed by atoms with Crippen molar-refractivity contribution in [1.29, 1.82) is 0 Å². The van der Waals surface area contributed by atoms with Gasteiger partial charge in [0.2, 0.25) is 10.0 Å². The van der Waals surface area contributed by atoms with Crippen LogP contribution in [0.15, 0.2) is 40.2 Å². The van der Waals surface area contributed by atoms with Gasteiger partial charge in [-0.2, -0.15) is 4.31 Å². The Kier molecular flexibility index (Phi) is 7.59. The van der Waals surface area contributed by atoms with Gasteiger partial charge in [-0.3, -0.25) is 0 Å². The molecule has 0 aliphatic carbocycles. The van der Waals surface area contributed by atoms with Crippen LogP contribution in [0.2, 0.25) is 0 Å². The Morgan fingerprint density at radius 1 is 1.38 bits per heavy atom. The lowest BCUT2D eigenvalue weighted by atomic mass is 10.2. The first-order valence-electron chi connectivity index (χ1n) is 7.07. The van der Waals surface area contributed by atoms with Gasteiger partial charge in [-0.15, -0.1) is 6.58 Å². The molecule has 0 amide bonds. The topological polar surface area (TPSA) is 49.4 Å². The van der Waals surface area contributed by atoms with Crippen LogP contribution in [0, 0.1) is 0 Å². The van der Waals surface area contributed by atoms with Crippen molar-refractivity contribution in [2.75, 3.05) is 19.6 Å². The second-order valence-electron chi connectivity index (χ2n) is 4.69. The van der Waals surface area contributed by atoms with E-state index in [0.717, 1.165) is 18.5 Å². The molecule has 0 heterocycles. The van der Waals surface area contributed by atoms with Crippen molar-refractivity contribution < 1.29 is 8.42 Å². The summed E-state index contributed by atoms with van der Waals surface area (Å²) >= 11 is 3.34. The number of hydrogen-bond donors (Lipinski definition) is 1. The van der Waals surface area contributed by atoms with Gasteiger partial charge in [-0.25, -0.2) is 8.42 Å². The van der Waals surface area contributed by atoms with E-state index < -0.39 is 10.0 Å². The summed E-state index contributed by atoms with van der Waals surface area (Å²) in [5.74, 6) is 0. The van der Waals surface area contributed by atoms with Crippen LogP contribution in [0.5, 0.6) is 0 Å². The first-order valence-corrected chi connectivity index (χ1v) is 9.30. The average Bonchev–Trinajstić information content (AvgIpc) is 2.46. The highest BCUT2D eigenvalue weighted by Gasteiger charge is 2.24. The number of likely N-dealkylation sites (N-methyl/N-ethyl adjacent to an activating group) is 1. The third-order valence-electron chi connectivity index (χ3n) is 3.05. The van der Waals surface area contributed by atoms with Crippen molar-refractivity contribution in [1.82, 2.24) is 9.62 Å². The molecule has 0 fully saturated rings. The zero-order valence-electron chi connectivity index (χ0n) is 12.6. The maximum absolute atomic E-state index is 12.7. The predicted octanol–water partition coefficient (Wildman–Crippen LogP) is 3.15. The van der Waals surface area contributed by atoms with Gasteiger partial charge in [-0.05, 0) is 46.6 Å². The summed E-state index contributed by atoms with van der Waals surface area (Å²) in [7, 11) is -3.51. The highest BCUT2D eigenvalue weighted by Crippen LogP contribution is 2.26. The monoisotopic (exact) mass is 374 g/mol. The molecule has 0 aromatic heterocycles. The van der Waals surface area contributed by atoms with Crippen molar-refractivity contribution in [3.05, 3.63) is 40.9 Å². The molecule has 0 spiro atoms. The zero-order valence-corrected chi connectivity index (χ0v) is 15.0. The van der Waals surface area contributed by atoms with E-state index in [1.807, 2.05) is 13.0 Å². The molecule has 0 radical (unpaired) electrons. The largest absolute Gasteiger partial charge is 0.313 e. The molecule has 1 rings (SSSR count). The zero-order chi connectivity index (χ0) is 15.9. The van der Waals surface area contributed by atoms with Crippen molar-refractivity contribution in [3.63, 3.8) is 0 Å². The summed E-state index contributed by atoms with van der Waals surface area (Å²) in [5, 5.41) is 3.28. The van der Waals surface area contributed by atoms with Gasteiger partial charge in [0, 0.05) is 24.1 Å². The van der Waals surface area contributed by atoms with Crippen molar-refractivity contribution in [2.45, 2.75) is 31.7 Å². The molecule has 0 unspecified atom stereocenters. The van der Waals surface area contributed by atoms with E-state index >= 15 is 0 Å². The van der Waals surface area contributed by atoms with Gasteiger partial charge >= 0.3 is 0 Å². The van der Waals surface area contributed by atoms with E-state index in [9.17, 15) is 8.42 Å². The highest BCUT2D eigenvalue weighted by atomic mass is 79.9. The van der Waals surface area contributed by atoms with E-state index in [-0.39, 0.29) is 0 Å². The molecule has 0 aliphatic rings. The third kappa shape index (κ3) is 4.92. The molecule has 21 heavy (non-hydrogen) atoms. The van der Waals surface area contributed by atoms with Crippen LogP contribution in [0.4, 0.5) is 0 Å². The second kappa shape index (κ2) is 8.68. The number of benzene rings is 1. The Labute approximate surface area is 136 Å². The van der Waals surface area contributed by atoms with Gasteiger partial charge in [0.05, 0.1) is 4.90 Å². The quantitative estimate of drug-likeness (QED) is 0.533. The molecular formula is C15H23BrN2O2S. The van der Waals surface area contributed by atoms with Gasteiger partial charge in [0.25, 0.3) is 0 Å². The fourth-order valence-electron chi connectivity index (χ4n) is 1.95. The fraction of sp³-hybridized carbons (Fsp3) is 0.467. The van der Waals surface area contributed by atoms with E-state index in [2.05, 4.69) is 34.7 Å². The minimum atomic E-state index is -3.51. The summed E-state index contributed by atoms with van der Waals surface area (Å²) in [6, 6.07) is 5.45.